The normalized spacial score (nSPS) is 21.0. The average molecular weight is 344 g/mol. The van der Waals surface area contributed by atoms with Crippen LogP contribution in [0.25, 0.3) is 0 Å². The number of likely N-dealkylation sites (tertiary alicyclic amines) is 1. The van der Waals surface area contributed by atoms with E-state index in [1.165, 1.54) is 0 Å². The molecule has 1 amide bonds. The molecule has 0 saturated carbocycles. The molecule has 1 saturated heterocycles. The second kappa shape index (κ2) is 7.82. The number of H-pyrrole nitrogens is 1. The van der Waals surface area contributed by atoms with Gasteiger partial charge in [0, 0.05) is 30.4 Å². The Morgan fingerprint density at radius 1 is 1.40 bits per heavy atom. The molecule has 2 N–H and O–H groups in total. The van der Waals surface area contributed by atoms with Gasteiger partial charge < -0.3 is 5.32 Å². The molecule has 0 aromatic carbocycles. The molecule has 2 aromatic rings. The lowest BCUT2D eigenvalue weighted by Crippen LogP contribution is -2.46. The average Bonchev–Trinajstić information content (AvgIpc) is 3.32. The van der Waals surface area contributed by atoms with E-state index in [4.69, 9.17) is 0 Å². The first kappa shape index (κ1) is 17.7. The van der Waals surface area contributed by atoms with Crippen LogP contribution in [-0.4, -0.2) is 49.9 Å². The molecule has 1 fully saturated rings. The summed E-state index contributed by atoms with van der Waals surface area (Å²) in [5, 5.41) is 14.5. The number of aromatic nitrogens is 4. The highest BCUT2D eigenvalue weighted by Crippen LogP contribution is 2.26. The maximum absolute atomic E-state index is 12.8. The smallest absolute Gasteiger partial charge is 0.242 e. The molecule has 7 nitrogen and oxygen atoms in total. The first-order chi connectivity index (χ1) is 12.1. The van der Waals surface area contributed by atoms with E-state index in [1.54, 1.807) is 12.4 Å². The fourth-order valence-corrected chi connectivity index (χ4v) is 3.44. The number of hydrogen-bond acceptors (Lipinski definition) is 4. The van der Waals surface area contributed by atoms with Gasteiger partial charge in [-0.25, -0.2) is 4.68 Å². The Labute approximate surface area is 148 Å². The van der Waals surface area contributed by atoms with Crippen molar-refractivity contribution in [2.24, 2.45) is 0 Å². The molecule has 1 aliphatic rings. The predicted molar refractivity (Wildman–Crippen MR) is 97.5 cm³/mol. The lowest BCUT2D eigenvalue weighted by atomic mass is 9.94. The van der Waals surface area contributed by atoms with Gasteiger partial charge in [-0.2, -0.15) is 10.2 Å². The molecule has 25 heavy (non-hydrogen) atoms. The lowest BCUT2D eigenvalue weighted by molar-refractivity contribution is -0.121. The van der Waals surface area contributed by atoms with E-state index >= 15 is 0 Å². The zero-order valence-corrected chi connectivity index (χ0v) is 15.3. The maximum Gasteiger partial charge on any atom is 0.242 e. The Morgan fingerprint density at radius 2 is 2.24 bits per heavy atom. The van der Waals surface area contributed by atoms with Crippen LogP contribution in [0.15, 0.2) is 24.5 Å². The van der Waals surface area contributed by atoms with Crippen LogP contribution in [0.2, 0.25) is 0 Å². The number of nitrogens with zero attached hydrogens (tertiary/aromatic N) is 4. The number of anilines is 1. The fourth-order valence-electron chi connectivity index (χ4n) is 3.44. The standard InChI is InChI=1S/C18H28N6O/c1-4-13(2)24-17(8-10-20-24)21-18(25)14(3)23-11-5-6-15(12-23)16-7-9-19-22-16/h7-10,13-15H,4-6,11-12H2,1-3H3,(H,19,22)(H,21,25)/t13-,14-,15+/m0/s1. The molecule has 3 heterocycles. The summed E-state index contributed by atoms with van der Waals surface area (Å²) in [5.41, 5.74) is 1.16. The molecule has 3 atom stereocenters. The third kappa shape index (κ3) is 3.92. The van der Waals surface area contributed by atoms with Gasteiger partial charge in [0.05, 0.1) is 18.3 Å². The SMILES string of the molecule is CC[C@H](C)n1nccc1NC(=O)[C@H](C)N1CCC[C@@H](c2ccn[nH]2)C1. The molecule has 0 unspecified atom stereocenters. The Hall–Kier alpha value is -2.15. The number of amides is 1. The maximum atomic E-state index is 12.8. The van der Waals surface area contributed by atoms with Crippen molar-refractivity contribution in [1.82, 2.24) is 24.9 Å². The molecule has 2 aromatic heterocycles. The minimum Gasteiger partial charge on any atom is -0.310 e. The van der Waals surface area contributed by atoms with Crippen molar-refractivity contribution < 1.29 is 4.79 Å². The first-order valence-corrected chi connectivity index (χ1v) is 9.17. The van der Waals surface area contributed by atoms with Crippen LogP contribution in [0, 0.1) is 0 Å². The molecular weight excluding hydrogens is 316 g/mol. The van der Waals surface area contributed by atoms with Crippen LogP contribution in [0.1, 0.15) is 57.7 Å². The highest BCUT2D eigenvalue weighted by atomic mass is 16.2. The minimum absolute atomic E-state index is 0.0234. The van der Waals surface area contributed by atoms with E-state index in [0.29, 0.717) is 5.92 Å². The van der Waals surface area contributed by atoms with Crippen LogP contribution < -0.4 is 5.32 Å². The predicted octanol–water partition coefficient (Wildman–Crippen LogP) is 2.78. The van der Waals surface area contributed by atoms with E-state index in [9.17, 15) is 4.79 Å². The minimum atomic E-state index is -0.175. The van der Waals surface area contributed by atoms with Gasteiger partial charge in [0.2, 0.25) is 5.91 Å². The number of piperidine rings is 1. The van der Waals surface area contributed by atoms with Gasteiger partial charge in [-0.3, -0.25) is 14.8 Å². The number of rotatable bonds is 6. The van der Waals surface area contributed by atoms with E-state index < -0.39 is 0 Å². The van der Waals surface area contributed by atoms with E-state index in [-0.39, 0.29) is 18.0 Å². The van der Waals surface area contributed by atoms with E-state index in [1.807, 2.05) is 23.7 Å². The second-order valence-corrected chi connectivity index (χ2v) is 6.93. The summed E-state index contributed by atoms with van der Waals surface area (Å²) >= 11 is 0. The molecular formula is C18H28N6O. The number of aromatic amines is 1. The van der Waals surface area contributed by atoms with Crippen molar-refractivity contribution in [1.29, 1.82) is 0 Å². The quantitative estimate of drug-likeness (QED) is 0.844. The summed E-state index contributed by atoms with van der Waals surface area (Å²) in [6.07, 6.45) is 6.72. The zero-order valence-electron chi connectivity index (χ0n) is 15.3. The summed E-state index contributed by atoms with van der Waals surface area (Å²) in [4.78, 5) is 15.0. The van der Waals surface area contributed by atoms with Crippen LogP contribution in [0.3, 0.4) is 0 Å². The van der Waals surface area contributed by atoms with Crippen LogP contribution in [-0.2, 0) is 4.79 Å². The van der Waals surface area contributed by atoms with Crippen LogP contribution in [0.5, 0.6) is 0 Å². The zero-order chi connectivity index (χ0) is 17.8. The second-order valence-electron chi connectivity index (χ2n) is 6.93. The molecule has 0 radical (unpaired) electrons. The van der Waals surface area contributed by atoms with Gasteiger partial charge >= 0.3 is 0 Å². The summed E-state index contributed by atoms with van der Waals surface area (Å²) < 4.78 is 1.88. The largest absolute Gasteiger partial charge is 0.310 e. The van der Waals surface area contributed by atoms with Crippen molar-refractivity contribution in [3.8, 4) is 0 Å². The topological polar surface area (TPSA) is 78.8 Å². The summed E-state index contributed by atoms with van der Waals surface area (Å²) in [6, 6.07) is 3.98. The first-order valence-electron chi connectivity index (χ1n) is 9.17. The van der Waals surface area contributed by atoms with Crippen LogP contribution in [0.4, 0.5) is 5.82 Å². The van der Waals surface area contributed by atoms with Gasteiger partial charge in [-0.15, -0.1) is 0 Å². The van der Waals surface area contributed by atoms with Gasteiger partial charge in [0.1, 0.15) is 5.82 Å². The van der Waals surface area contributed by atoms with Gasteiger partial charge in [0.25, 0.3) is 0 Å². The number of nitrogens with one attached hydrogen (secondary N) is 2. The van der Waals surface area contributed by atoms with Gasteiger partial charge in [-0.1, -0.05) is 6.92 Å². The van der Waals surface area contributed by atoms with Gasteiger partial charge in [-0.05, 0) is 45.7 Å². The molecule has 7 heteroatoms. The summed E-state index contributed by atoms with van der Waals surface area (Å²) in [7, 11) is 0. The molecule has 136 valence electrons. The summed E-state index contributed by atoms with van der Waals surface area (Å²) in [5.74, 6) is 1.21. The van der Waals surface area contributed by atoms with Crippen molar-refractivity contribution in [3.63, 3.8) is 0 Å². The van der Waals surface area contributed by atoms with Crippen molar-refractivity contribution in [2.45, 2.75) is 58.0 Å². The third-order valence-electron chi connectivity index (χ3n) is 5.27. The van der Waals surface area contributed by atoms with E-state index in [2.05, 4.69) is 39.4 Å². The Morgan fingerprint density at radius 3 is 2.96 bits per heavy atom. The molecule has 0 bridgehead atoms. The number of hydrogen-bond donors (Lipinski definition) is 2. The molecule has 0 aliphatic carbocycles. The highest BCUT2D eigenvalue weighted by Gasteiger charge is 2.29. The number of carbonyl (C=O) groups excluding carboxylic acids is 1. The Kier molecular flexibility index (Phi) is 5.53. The molecule has 0 spiro atoms. The Balaban J connectivity index is 1.63. The van der Waals surface area contributed by atoms with Crippen molar-refractivity contribution in [2.75, 3.05) is 18.4 Å². The molecule has 1 aliphatic heterocycles. The highest BCUT2D eigenvalue weighted by molar-refractivity contribution is 5.93. The molecule has 3 rings (SSSR count). The summed E-state index contributed by atoms with van der Waals surface area (Å²) in [6.45, 7) is 8.02. The fraction of sp³-hybridized carbons (Fsp3) is 0.611. The monoisotopic (exact) mass is 344 g/mol. The Bertz CT molecular complexity index is 680. The lowest BCUT2D eigenvalue weighted by Gasteiger charge is -2.35. The number of carbonyl (C=O) groups is 1. The van der Waals surface area contributed by atoms with Crippen molar-refractivity contribution in [3.05, 3.63) is 30.2 Å². The van der Waals surface area contributed by atoms with Crippen molar-refractivity contribution >= 4 is 11.7 Å². The van der Waals surface area contributed by atoms with E-state index in [0.717, 1.165) is 43.9 Å². The van der Waals surface area contributed by atoms with Crippen LogP contribution >= 0.6 is 0 Å². The van der Waals surface area contributed by atoms with Gasteiger partial charge in [0.15, 0.2) is 0 Å². The third-order valence-corrected chi connectivity index (χ3v) is 5.27.